The van der Waals surface area contributed by atoms with Crippen molar-refractivity contribution < 1.29 is 22.4 Å². The van der Waals surface area contributed by atoms with Gasteiger partial charge in [-0.3, -0.25) is 0 Å². The van der Waals surface area contributed by atoms with Gasteiger partial charge in [0.25, 0.3) is 0 Å². The lowest BCUT2D eigenvalue weighted by Gasteiger charge is -2.05. The highest BCUT2D eigenvalue weighted by molar-refractivity contribution is 7.89. The smallest absolute Gasteiger partial charge is 0.242 e. The molecule has 3 aromatic rings. The van der Waals surface area contributed by atoms with E-state index >= 15 is 0 Å². The Morgan fingerprint density at radius 3 is 2.46 bits per heavy atom. The summed E-state index contributed by atoms with van der Waals surface area (Å²) in [6.07, 6.45) is 0. The van der Waals surface area contributed by atoms with Gasteiger partial charge < -0.3 is 14.0 Å². The maximum atomic E-state index is 12.3. The van der Waals surface area contributed by atoms with Gasteiger partial charge in [0.1, 0.15) is 11.5 Å². The highest BCUT2D eigenvalue weighted by Gasteiger charge is 2.17. The van der Waals surface area contributed by atoms with Gasteiger partial charge >= 0.3 is 0 Å². The number of nitrogens with one attached hydrogen (secondary N) is 1. The lowest BCUT2D eigenvalue weighted by molar-refractivity contribution is 0.375. The molecule has 0 radical (unpaired) electrons. The summed E-state index contributed by atoms with van der Waals surface area (Å²) in [6.45, 7) is -0.128. The lowest BCUT2D eigenvalue weighted by atomic mass is 10.2. The number of methoxy groups -OCH3 is 2. The molecule has 9 heteroatoms. The molecule has 0 bridgehead atoms. The number of hydrogen-bond donors (Lipinski definition) is 1. The van der Waals surface area contributed by atoms with Crippen LogP contribution in [-0.4, -0.2) is 32.8 Å². The fourth-order valence-electron chi connectivity index (χ4n) is 2.26. The van der Waals surface area contributed by atoms with Crippen molar-refractivity contribution in [3.05, 3.63) is 54.4 Å². The SMILES string of the molecule is COc1ccc(S(=O)(=O)NCc2nc(-c3ccccc3OC)no2)cc1. The molecule has 8 nitrogen and oxygen atoms in total. The Morgan fingerprint density at radius 2 is 1.77 bits per heavy atom. The van der Waals surface area contributed by atoms with Crippen LogP contribution in [0.2, 0.25) is 0 Å². The van der Waals surface area contributed by atoms with E-state index < -0.39 is 10.0 Å². The number of rotatable bonds is 7. The van der Waals surface area contributed by atoms with E-state index in [1.165, 1.54) is 19.2 Å². The molecule has 0 fully saturated rings. The minimum atomic E-state index is -3.71. The molecule has 0 amide bonds. The Labute approximate surface area is 150 Å². The van der Waals surface area contributed by atoms with Crippen molar-refractivity contribution in [1.29, 1.82) is 0 Å². The van der Waals surface area contributed by atoms with E-state index in [9.17, 15) is 8.42 Å². The molecule has 0 atom stereocenters. The Hall–Kier alpha value is -2.91. The van der Waals surface area contributed by atoms with Gasteiger partial charge in [-0.1, -0.05) is 17.3 Å². The van der Waals surface area contributed by atoms with Crippen LogP contribution in [0, 0.1) is 0 Å². The van der Waals surface area contributed by atoms with Crippen LogP contribution in [0.25, 0.3) is 11.4 Å². The molecule has 0 spiro atoms. The molecule has 0 saturated heterocycles. The highest BCUT2D eigenvalue weighted by Crippen LogP contribution is 2.27. The van der Waals surface area contributed by atoms with E-state index in [1.807, 2.05) is 12.1 Å². The second-order valence-electron chi connectivity index (χ2n) is 5.21. The van der Waals surface area contributed by atoms with E-state index in [1.54, 1.807) is 31.4 Å². The Bertz CT molecular complexity index is 984. The quantitative estimate of drug-likeness (QED) is 0.675. The number of benzene rings is 2. The number of aromatic nitrogens is 2. The molecular formula is C17H17N3O5S. The van der Waals surface area contributed by atoms with Gasteiger partial charge in [-0.2, -0.15) is 4.98 Å². The van der Waals surface area contributed by atoms with Crippen molar-refractivity contribution in [2.75, 3.05) is 14.2 Å². The third-order valence-electron chi connectivity index (χ3n) is 3.60. The average molecular weight is 375 g/mol. The van der Waals surface area contributed by atoms with Crippen LogP contribution in [0.3, 0.4) is 0 Å². The Kier molecular flexibility index (Phi) is 5.19. The van der Waals surface area contributed by atoms with E-state index in [-0.39, 0.29) is 17.3 Å². The van der Waals surface area contributed by atoms with E-state index in [2.05, 4.69) is 14.9 Å². The summed E-state index contributed by atoms with van der Waals surface area (Å²) in [5, 5.41) is 3.87. The molecule has 26 heavy (non-hydrogen) atoms. The molecule has 1 N–H and O–H groups in total. The summed E-state index contributed by atoms with van der Waals surface area (Å²) in [7, 11) is -0.655. The normalized spacial score (nSPS) is 11.3. The number of sulfonamides is 1. The second-order valence-corrected chi connectivity index (χ2v) is 6.98. The molecule has 0 aliphatic carbocycles. The monoisotopic (exact) mass is 375 g/mol. The highest BCUT2D eigenvalue weighted by atomic mass is 32.2. The number of nitrogens with zero attached hydrogens (tertiary/aromatic N) is 2. The van der Waals surface area contributed by atoms with Crippen molar-refractivity contribution in [1.82, 2.24) is 14.9 Å². The third kappa shape index (κ3) is 3.84. The molecule has 2 aromatic carbocycles. The first-order chi connectivity index (χ1) is 12.5. The summed E-state index contributed by atoms with van der Waals surface area (Å²) in [4.78, 5) is 4.32. The van der Waals surface area contributed by atoms with Gasteiger partial charge in [0.15, 0.2) is 0 Å². The largest absolute Gasteiger partial charge is 0.497 e. The van der Waals surface area contributed by atoms with Crippen LogP contribution in [-0.2, 0) is 16.6 Å². The summed E-state index contributed by atoms with van der Waals surface area (Å²) in [5.74, 6) is 1.63. The van der Waals surface area contributed by atoms with Crippen molar-refractivity contribution >= 4 is 10.0 Å². The summed E-state index contributed by atoms with van der Waals surface area (Å²) < 4.78 is 42.5. The third-order valence-corrected chi connectivity index (χ3v) is 5.02. The average Bonchev–Trinajstić information content (AvgIpc) is 3.15. The summed E-state index contributed by atoms with van der Waals surface area (Å²) in [6, 6.07) is 13.3. The zero-order valence-electron chi connectivity index (χ0n) is 14.2. The van der Waals surface area contributed by atoms with Gasteiger partial charge in [-0.25, -0.2) is 13.1 Å². The van der Waals surface area contributed by atoms with Crippen LogP contribution < -0.4 is 14.2 Å². The summed E-state index contributed by atoms with van der Waals surface area (Å²) in [5.41, 5.74) is 0.656. The van der Waals surface area contributed by atoms with E-state index in [0.717, 1.165) is 0 Å². The fourth-order valence-corrected chi connectivity index (χ4v) is 3.23. The van der Waals surface area contributed by atoms with Gasteiger partial charge in [-0.15, -0.1) is 0 Å². The first kappa shape index (κ1) is 17.9. The fraction of sp³-hybridized carbons (Fsp3) is 0.176. The van der Waals surface area contributed by atoms with Crippen LogP contribution in [0.15, 0.2) is 57.9 Å². The Balaban J connectivity index is 1.73. The van der Waals surface area contributed by atoms with Crippen LogP contribution in [0.1, 0.15) is 5.89 Å². The van der Waals surface area contributed by atoms with Crippen molar-refractivity contribution in [3.8, 4) is 22.9 Å². The molecule has 1 heterocycles. The minimum Gasteiger partial charge on any atom is -0.497 e. The first-order valence-corrected chi connectivity index (χ1v) is 9.11. The van der Waals surface area contributed by atoms with Crippen molar-refractivity contribution in [3.63, 3.8) is 0 Å². The maximum absolute atomic E-state index is 12.3. The second kappa shape index (κ2) is 7.54. The maximum Gasteiger partial charge on any atom is 0.242 e. The number of hydrogen-bond acceptors (Lipinski definition) is 7. The van der Waals surface area contributed by atoms with Crippen molar-refractivity contribution in [2.24, 2.45) is 0 Å². The zero-order chi connectivity index (χ0) is 18.6. The minimum absolute atomic E-state index is 0.114. The predicted molar refractivity (Wildman–Crippen MR) is 93.3 cm³/mol. The summed E-state index contributed by atoms with van der Waals surface area (Å²) >= 11 is 0. The van der Waals surface area contributed by atoms with Gasteiger partial charge in [0.2, 0.25) is 21.7 Å². The van der Waals surface area contributed by atoms with Crippen molar-refractivity contribution in [2.45, 2.75) is 11.4 Å². The standard InChI is InChI=1S/C17H17N3O5S/c1-23-12-7-9-13(10-8-12)26(21,22)18-11-16-19-17(20-25-16)14-5-3-4-6-15(14)24-2/h3-10,18H,11H2,1-2H3. The van der Waals surface area contributed by atoms with Gasteiger partial charge in [0.05, 0.1) is 31.2 Å². The number of ether oxygens (including phenoxy) is 2. The molecule has 0 saturated carbocycles. The number of para-hydroxylation sites is 1. The Morgan fingerprint density at radius 1 is 1.04 bits per heavy atom. The van der Waals surface area contributed by atoms with E-state index in [4.69, 9.17) is 14.0 Å². The van der Waals surface area contributed by atoms with Crippen LogP contribution in [0.5, 0.6) is 11.5 Å². The lowest BCUT2D eigenvalue weighted by Crippen LogP contribution is -2.23. The predicted octanol–water partition coefficient (Wildman–Crippen LogP) is 2.23. The molecule has 0 aliphatic rings. The molecule has 0 aliphatic heterocycles. The molecule has 0 unspecified atom stereocenters. The van der Waals surface area contributed by atoms with E-state index in [0.29, 0.717) is 22.9 Å². The molecule has 136 valence electrons. The van der Waals surface area contributed by atoms with Gasteiger partial charge in [0, 0.05) is 0 Å². The topological polar surface area (TPSA) is 104 Å². The first-order valence-electron chi connectivity index (χ1n) is 7.63. The molecule has 3 rings (SSSR count). The van der Waals surface area contributed by atoms with Crippen LogP contribution in [0.4, 0.5) is 0 Å². The zero-order valence-corrected chi connectivity index (χ0v) is 15.0. The molecular weight excluding hydrogens is 358 g/mol. The van der Waals surface area contributed by atoms with Gasteiger partial charge in [-0.05, 0) is 36.4 Å². The van der Waals surface area contributed by atoms with Crippen LogP contribution >= 0.6 is 0 Å². The molecule has 1 aromatic heterocycles.